The molecule has 3 nitrogen and oxygen atoms in total. The van der Waals surface area contributed by atoms with Gasteiger partial charge in [0.25, 0.3) is 0 Å². The van der Waals surface area contributed by atoms with E-state index in [1.807, 2.05) is 17.8 Å². The van der Waals surface area contributed by atoms with Crippen molar-refractivity contribution in [3.8, 4) is 0 Å². The van der Waals surface area contributed by atoms with Crippen molar-refractivity contribution < 1.29 is 0 Å². The third-order valence-electron chi connectivity index (χ3n) is 3.10. The summed E-state index contributed by atoms with van der Waals surface area (Å²) in [4.78, 5) is 4.08. The van der Waals surface area contributed by atoms with Gasteiger partial charge in [-0.2, -0.15) is 11.8 Å². The second kappa shape index (κ2) is 5.55. The number of pyridine rings is 1. The fourth-order valence-electron chi connectivity index (χ4n) is 2.11. The minimum atomic E-state index is 0.0132. The lowest BCUT2D eigenvalue weighted by Crippen LogP contribution is -2.16. The number of nitrogen functional groups attached to an aromatic ring is 1. The summed E-state index contributed by atoms with van der Waals surface area (Å²) in [5.41, 5.74) is 13.7. The van der Waals surface area contributed by atoms with Crippen LogP contribution < -0.4 is 11.5 Å². The Morgan fingerprint density at radius 3 is 2.88 bits per heavy atom. The Morgan fingerprint density at radius 1 is 1.44 bits per heavy atom. The molecule has 1 fully saturated rings. The molecule has 0 aromatic carbocycles. The Balaban J connectivity index is 1.87. The lowest BCUT2D eigenvalue weighted by Gasteiger charge is -2.16. The molecule has 16 heavy (non-hydrogen) atoms. The minimum absolute atomic E-state index is 0.0132. The molecule has 1 unspecified atom stereocenters. The van der Waals surface area contributed by atoms with E-state index in [2.05, 4.69) is 4.98 Å². The molecule has 1 aliphatic rings. The van der Waals surface area contributed by atoms with E-state index in [1.54, 1.807) is 12.4 Å². The number of thioether (sulfide) groups is 1. The molecule has 0 radical (unpaired) electrons. The SMILES string of the molecule is Nc1ccncc1C(N)CSC1CCCC1. The Hall–Kier alpha value is -0.740. The van der Waals surface area contributed by atoms with Gasteiger partial charge < -0.3 is 11.5 Å². The van der Waals surface area contributed by atoms with Crippen LogP contribution in [0.3, 0.4) is 0 Å². The molecule has 0 saturated heterocycles. The van der Waals surface area contributed by atoms with Crippen LogP contribution in [0.15, 0.2) is 18.5 Å². The van der Waals surface area contributed by atoms with Crippen LogP contribution in [0.2, 0.25) is 0 Å². The fourth-order valence-corrected chi connectivity index (χ4v) is 3.44. The molecule has 0 bridgehead atoms. The molecular formula is C12H19N3S. The molecule has 1 atom stereocenters. The summed E-state index contributed by atoms with van der Waals surface area (Å²) in [7, 11) is 0. The van der Waals surface area contributed by atoms with Gasteiger partial charge in [0.2, 0.25) is 0 Å². The Kier molecular flexibility index (Phi) is 4.07. The number of rotatable bonds is 4. The summed E-state index contributed by atoms with van der Waals surface area (Å²) >= 11 is 1.99. The van der Waals surface area contributed by atoms with Crippen molar-refractivity contribution in [2.24, 2.45) is 5.73 Å². The standard InChI is InChI=1S/C12H19N3S/c13-11-5-6-15-7-10(11)12(14)8-16-9-3-1-2-4-9/h5-7,9,12H,1-4,8,14H2,(H2,13,15). The maximum Gasteiger partial charge on any atom is 0.0422 e. The molecule has 4 N–H and O–H groups in total. The molecule has 4 heteroatoms. The van der Waals surface area contributed by atoms with E-state index in [1.165, 1.54) is 25.7 Å². The molecule has 1 aromatic heterocycles. The van der Waals surface area contributed by atoms with Gasteiger partial charge in [-0.15, -0.1) is 0 Å². The van der Waals surface area contributed by atoms with Crippen molar-refractivity contribution in [2.45, 2.75) is 37.0 Å². The summed E-state index contributed by atoms with van der Waals surface area (Å²) in [6, 6.07) is 1.83. The van der Waals surface area contributed by atoms with Crippen LogP contribution in [-0.4, -0.2) is 16.0 Å². The average Bonchev–Trinajstić information content (AvgIpc) is 2.79. The van der Waals surface area contributed by atoms with Crippen LogP contribution in [0, 0.1) is 0 Å². The van der Waals surface area contributed by atoms with Gasteiger partial charge in [0.05, 0.1) is 0 Å². The summed E-state index contributed by atoms with van der Waals surface area (Å²) in [6.45, 7) is 0. The molecular weight excluding hydrogens is 218 g/mol. The first kappa shape index (κ1) is 11.7. The van der Waals surface area contributed by atoms with Gasteiger partial charge in [0.15, 0.2) is 0 Å². The van der Waals surface area contributed by atoms with Gasteiger partial charge in [-0.05, 0) is 18.9 Å². The second-order valence-corrected chi connectivity index (χ2v) is 5.68. The molecule has 0 amide bonds. The first-order valence-corrected chi connectivity index (χ1v) is 6.89. The van der Waals surface area contributed by atoms with E-state index in [4.69, 9.17) is 11.5 Å². The topological polar surface area (TPSA) is 64.9 Å². The third-order valence-corrected chi connectivity index (χ3v) is 4.59. The van der Waals surface area contributed by atoms with Crippen molar-refractivity contribution in [1.82, 2.24) is 4.98 Å². The normalized spacial score (nSPS) is 18.8. The molecule has 88 valence electrons. The number of anilines is 1. The quantitative estimate of drug-likeness (QED) is 0.843. The van der Waals surface area contributed by atoms with E-state index in [-0.39, 0.29) is 6.04 Å². The Labute approximate surface area is 101 Å². The van der Waals surface area contributed by atoms with E-state index >= 15 is 0 Å². The molecule has 1 saturated carbocycles. The van der Waals surface area contributed by atoms with Gasteiger partial charge in [0.1, 0.15) is 0 Å². The highest BCUT2D eigenvalue weighted by Gasteiger charge is 2.17. The van der Waals surface area contributed by atoms with Crippen molar-refractivity contribution >= 4 is 17.4 Å². The number of hydrogen-bond acceptors (Lipinski definition) is 4. The van der Waals surface area contributed by atoms with Crippen molar-refractivity contribution in [3.05, 3.63) is 24.0 Å². The predicted octanol–water partition coefficient (Wildman–Crippen LogP) is 2.34. The van der Waals surface area contributed by atoms with Crippen LogP contribution in [0.1, 0.15) is 37.3 Å². The summed E-state index contributed by atoms with van der Waals surface area (Å²) in [5, 5.41) is 0.809. The van der Waals surface area contributed by atoms with Crippen LogP contribution in [0.5, 0.6) is 0 Å². The zero-order valence-electron chi connectivity index (χ0n) is 9.43. The van der Waals surface area contributed by atoms with E-state index < -0.39 is 0 Å². The van der Waals surface area contributed by atoms with Crippen LogP contribution >= 0.6 is 11.8 Å². The molecule has 0 spiro atoms. The second-order valence-electron chi connectivity index (χ2n) is 4.35. The summed E-state index contributed by atoms with van der Waals surface area (Å²) < 4.78 is 0. The predicted molar refractivity (Wildman–Crippen MR) is 70.3 cm³/mol. The van der Waals surface area contributed by atoms with Crippen LogP contribution in [0.4, 0.5) is 5.69 Å². The zero-order valence-corrected chi connectivity index (χ0v) is 10.2. The molecule has 2 rings (SSSR count). The minimum Gasteiger partial charge on any atom is -0.398 e. The van der Waals surface area contributed by atoms with Crippen molar-refractivity contribution in [3.63, 3.8) is 0 Å². The summed E-state index contributed by atoms with van der Waals surface area (Å²) in [6.07, 6.45) is 8.94. The van der Waals surface area contributed by atoms with Gasteiger partial charge in [0, 0.05) is 40.7 Å². The van der Waals surface area contributed by atoms with Gasteiger partial charge in [-0.1, -0.05) is 12.8 Å². The number of nitrogens with zero attached hydrogens (tertiary/aromatic N) is 1. The molecule has 0 aliphatic heterocycles. The largest absolute Gasteiger partial charge is 0.398 e. The van der Waals surface area contributed by atoms with Crippen LogP contribution in [-0.2, 0) is 0 Å². The van der Waals surface area contributed by atoms with Gasteiger partial charge in [-0.3, -0.25) is 4.98 Å². The maximum atomic E-state index is 6.13. The number of aromatic nitrogens is 1. The first-order chi connectivity index (χ1) is 7.77. The van der Waals surface area contributed by atoms with E-state index in [0.717, 1.165) is 22.3 Å². The Bertz CT molecular complexity index is 337. The highest BCUT2D eigenvalue weighted by Crippen LogP contribution is 2.32. The van der Waals surface area contributed by atoms with Gasteiger partial charge in [-0.25, -0.2) is 0 Å². The van der Waals surface area contributed by atoms with E-state index in [0.29, 0.717) is 0 Å². The highest BCUT2D eigenvalue weighted by molar-refractivity contribution is 7.99. The molecule has 1 heterocycles. The highest BCUT2D eigenvalue weighted by atomic mass is 32.2. The van der Waals surface area contributed by atoms with Gasteiger partial charge >= 0.3 is 0 Å². The summed E-state index contributed by atoms with van der Waals surface area (Å²) in [5.74, 6) is 0.945. The van der Waals surface area contributed by atoms with E-state index in [9.17, 15) is 0 Å². The first-order valence-electron chi connectivity index (χ1n) is 5.84. The molecule has 1 aliphatic carbocycles. The third kappa shape index (κ3) is 2.89. The smallest absolute Gasteiger partial charge is 0.0422 e. The fraction of sp³-hybridized carbons (Fsp3) is 0.583. The average molecular weight is 237 g/mol. The lowest BCUT2D eigenvalue weighted by atomic mass is 10.1. The number of nitrogens with two attached hydrogens (primary N) is 2. The number of hydrogen-bond donors (Lipinski definition) is 2. The lowest BCUT2D eigenvalue weighted by molar-refractivity contribution is 0.817. The zero-order chi connectivity index (χ0) is 11.4. The van der Waals surface area contributed by atoms with Crippen molar-refractivity contribution in [2.75, 3.05) is 11.5 Å². The Morgan fingerprint density at radius 2 is 2.19 bits per heavy atom. The van der Waals surface area contributed by atoms with Crippen molar-refractivity contribution in [1.29, 1.82) is 0 Å². The molecule has 1 aromatic rings. The monoisotopic (exact) mass is 237 g/mol. The van der Waals surface area contributed by atoms with Crippen LogP contribution in [0.25, 0.3) is 0 Å². The maximum absolute atomic E-state index is 6.13.